The van der Waals surface area contributed by atoms with Gasteiger partial charge in [-0.25, -0.2) is 0 Å². The van der Waals surface area contributed by atoms with E-state index in [0.29, 0.717) is 12.7 Å². The third-order valence-corrected chi connectivity index (χ3v) is 5.18. The molecule has 0 unspecified atom stereocenters. The number of benzene rings is 1. The molecule has 4 heteroatoms. The van der Waals surface area contributed by atoms with E-state index in [0.717, 1.165) is 38.0 Å². The zero-order valence-electron chi connectivity index (χ0n) is 14.8. The summed E-state index contributed by atoms with van der Waals surface area (Å²) < 4.78 is 8.39. The standard InChI is InChI=1S/C21H25N3O/c1-23-19(13-18-6-2-3-7-21(18)23)15-24-11-8-20(9-12-24)25-16-17-5-4-10-22-14-17/h2-7,10,13-14,20H,8-9,11-12,15-16H2,1H3. The van der Waals surface area contributed by atoms with Crippen molar-refractivity contribution in [3.8, 4) is 0 Å². The second-order valence-electron chi connectivity index (χ2n) is 6.90. The first-order chi connectivity index (χ1) is 12.3. The third-order valence-electron chi connectivity index (χ3n) is 5.18. The maximum Gasteiger partial charge on any atom is 0.0735 e. The highest BCUT2D eigenvalue weighted by Crippen LogP contribution is 2.22. The van der Waals surface area contributed by atoms with Crippen molar-refractivity contribution in [3.05, 3.63) is 66.1 Å². The van der Waals surface area contributed by atoms with Crippen molar-refractivity contribution in [3.63, 3.8) is 0 Å². The van der Waals surface area contributed by atoms with Gasteiger partial charge in [0.15, 0.2) is 0 Å². The lowest BCUT2D eigenvalue weighted by atomic mass is 10.1. The van der Waals surface area contributed by atoms with Crippen molar-refractivity contribution in [2.24, 2.45) is 7.05 Å². The van der Waals surface area contributed by atoms with Crippen LogP contribution in [0.4, 0.5) is 0 Å². The molecule has 3 aromatic rings. The zero-order valence-corrected chi connectivity index (χ0v) is 14.8. The number of fused-ring (bicyclic) bond motifs is 1. The van der Waals surface area contributed by atoms with Gasteiger partial charge in [-0.15, -0.1) is 0 Å². The number of hydrogen-bond acceptors (Lipinski definition) is 3. The number of likely N-dealkylation sites (tertiary alicyclic amines) is 1. The molecule has 4 nitrogen and oxygen atoms in total. The van der Waals surface area contributed by atoms with Crippen molar-refractivity contribution >= 4 is 10.9 Å². The summed E-state index contributed by atoms with van der Waals surface area (Å²) >= 11 is 0. The SMILES string of the molecule is Cn1c(CN2CCC(OCc3cccnc3)CC2)cc2ccccc21. The number of para-hydroxylation sites is 1. The Morgan fingerprint density at radius 3 is 2.72 bits per heavy atom. The highest BCUT2D eigenvalue weighted by molar-refractivity contribution is 5.81. The summed E-state index contributed by atoms with van der Waals surface area (Å²) in [5.41, 5.74) is 3.85. The average molecular weight is 335 g/mol. The van der Waals surface area contributed by atoms with E-state index >= 15 is 0 Å². The number of aromatic nitrogens is 2. The number of rotatable bonds is 5. The molecule has 0 atom stereocenters. The molecular weight excluding hydrogens is 310 g/mol. The van der Waals surface area contributed by atoms with Gasteiger partial charge in [-0.1, -0.05) is 24.3 Å². The van der Waals surface area contributed by atoms with Crippen LogP contribution >= 0.6 is 0 Å². The Balaban J connectivity index is 1.30. The van der Waals surface area contributed by atoms with Crippen molar-refractivity contribution in [2.45, 2.75) is 32.1 Å². The van der Waals surface area contributed by atoms with Crippen molar-refractivity contribution < 1.29 is 4.74 Å². The quantitative estimate of drug-likeness (QED) is 0.711. The number of ether oxygens (including phenoxy) is 1. The predicted octanol–water partition coefficient (Wildman–Crippen LogP) is 3.75. The van der Waals surface area contributed by atoms with Crippen LogP contribution in [0.1, 0.15) is 24.1 Å². The Morgan fingerprint density at radius 2 is 1.96 bits per heavy atom. The van der Waals surface area contributed by atoms with Gasteiger partial charge in [0.05, 0.1) is 12.7 Å². The molecule has 4 rings (SSSR count). The number of pyridine rings is 1. The maximum atomic E-state index is 6.07. The molecule has 0 bridgehead atoms. The second-order valence-corrected chi connectivity index (χ2v) is 6.90. The fourth-order valence-electron chi connectivity index (χ4n) is 3.66. The second kappa shape index (κ2) is 7.38. The van der Waals surface area contributed by atoms with E-state index in [4.69, 9.17) is 4.74 Å². The predicted molar refractivity (Wildman–Crippen MR) is 100 cm³/mol. The zero-order chi connectivity index (χ0) is 17.1. The van der Waals surface area contributed by atoms with Crippen LogP contribution in [0.25, 0.3) is 10.9 Å². The van der Waals surface area contributed by atoms with Crippen LogP contribution in [-0.4, -0.2) is 33.6 Å². The molecule has 0 spiro atoms. The fourth-order valence-corrected chi connectivity index (χ4v) is 3.66. The van der Waals surface area contributed by atoms with Gasteiger partial charge in [-0.05, 0) is 42.0 Å². The van der Waals surface area contributed by atoms with Gasteiger partial charge in [0.1, 0.15) is 0 Å². The summed E-state index contributed by atoms with van der Waals surface area (Å²) in [7, 11) is 2.17. The molecule has 0 amide bonds. The van der Waals surface area contributed by atoms with Crippen LogP contribution in [0.5, 0.6) is 0 Å². The minimum absolute atomic E-state index is 0.365. The fraction of sp³-hybridized carbons (Fsp3) is 0.381. The summed E-state index contributed by atoms with van der Waals surface area (Å²) in [4.78, 5) is 6.68. The first kappa shape index (κ1) is 16.3. The van der Waals surface area contributed by atoms with Crippen molar-refractivity contribution in [2.75, 3.05) is 13.1 Å². The number of piperidine rings is 1. The monoisotopic (exact) mass is 335 g/mol. The van der Waals surface area contributed by atoms with E-state index in [-0.39, 0.29) is 0 Å². The van der Waals surface area contributed by atoms with Gasteiger partial charge in [0.2, 0.25) is 0 Å². The molecule has 1 fully saturated rings. The van der Waals surface area contributed by atoms with Gasteiger partial charge in [0.25, 0.3) is 0 Å². The molecule has 3 heterocycles. The number of nitrogens with zero attached hydrogens (tertiary/aromatic N) is 3. The normalized spacial score (nSPS) is 16.5. The highest BCUT2D eigenvalue weighted by Gasteiger charge is 2.20. The van der Waals surface area contributed by atoms with Crippen LogP contribution in [0.15, 0.2) is 54.9 Å². The van der Waals surface area contributed by atoms with Gasteiger partial charge in [0, 0.05) is 50.3 Å². The smallest absolute Gasteiger partial charge is 0.0735 e. The van der Waals surface area contributed by atoms with E-state index in [1.807, 2.05) is 12.3 Å². The Bertz CT molecular complexity index is 820. The van der Waals surface area contributed by atoms with Gasteiger partial charge < -0.3 is 9.30 Å². The molecule has 130 valence electrons. The third kappa shape index (κ3) is 3.75. The topological polar surface area (TPSA) is 30.3 Å². The Morgan fingerprint density at radius 1 is 1.12 bits per heavy atom. The molecule has 25 heavy (non-hydrogen) atoms. The lowest BCUT2D eigenvalue weighted by Crippen LogP contribution is -2.36. The summed E-state index contributed by atoms with van der Waals surface area (Å²) in [6, 6.07) is 15.0. The van der Waals surface area contributed by atoms with E-state index in [9.17, 15) is 0 Å². The Hall–Kier alpha value is -2.17. The molecule has 0 radical (unpaired) electrons. The molecule has 1 aliphatic rings. The highest BCUT2D eigenvalue weighted by atomic mass is 16.5. The maximum absolute atomic E-state index is 6.07. The first-order valence-electron chi connectivity index (χ1n) is 9.06. The Kier molecular flexibility index (Phi) is 4.81. The molecule has 0 saturated carbocycles. The number of hydrogen-bond donors (Lipinski definition) is 0. The molecule has 2 aromatic heterocycles. The van der Waals surface area contributed by atoms with Gasteiger partial charge in [-0.3, -0.25) is 9.88 Å². The van der Waals surface area contributed by atoms with Crippen LogP contribution < -0.4 is 0 Å². The molecule has 0 N–H and O–H groups in total. The summed E-state index contributed by atoms with van der Waals surface area (Å²) in [5, 5.41) is 1.33. The van der Waals surface area contributed by atoms with Crippen LogP contribution in [0.3, 0.4) is 0 Å². The largest absolute Gasteiger partial charge is 0.373 e. The summed E-state index contributed by atoms with van der Waals surface area (Å²) in [5.74, 6) is 0. The molecule has 1 saturated heterocycles. The number of aryl methyl sites for hydroxylation is 1. The van der Waals surface area contributed by atoms with E-state index in [1.165, 1.54) is 16.6 Å². The van der Waals surface area contributed by atoms with E-state index < -0.39 is 0 Å². The molecule has 1 aliphatic heterocycles. The van der Waals surface area contributed by atoms with Crippen LogP contribution in [0, 0.1) is 0 Å². The summed E-state index contributed by atoms with van der Waals surface area (Å²) in [6.07, 6.45) is 6.25. The van der Waals surface area contributed by atoms with Crippen molar-refractivity contribution in [1.29, 1.82) is 0 Å². The van der Waals surface area contributed by atoms with Gasteiger partial charge in [-0.2, -0.15) is 0 Å². The van der Waals surface area contributed by atoms with Crippen molar-refractivity contribution in [1.82, 2.24) is 14.5 Å². The van der Waals surface area contributed by atoms with Crippen LogP contribution in [-0.2, 0) is 24.9 Å². The lowest BCUT2D eigenvalue weighted by Gasteiger charge is -2.32. The minimum Gasteiger partial charge on any atom is -0.373 e. The van der Waals surface area contributed by atoms with Crippen LogP contribution in [0.2, 0.25) is 0 Å². The molecule has 1 aromatic carbocycles. The Labute approximate surface area is 149 Å². The first-order valence-corrected chi connectivity index (χ1v) is 9.06. The average Bonchev–Trinajstić information content (AvgIpc) is 2.98. The van der Waals surface area contributed by atoms with E-state index in [1.54, 1.807) is 6.20 Å². The molecular formula is C21H25N3O. The van der Waals surface area contributed by atoms with Gasteiger partial charge >= 0.3 is 0 Å². The minimum atomic E-state index is 0.365. The summed E-state index contributed by atoms with van der Waals surface area (Å²) in [6.45, 7) is 3.88. The van der Waals surface area contributed by atoms with E-state index in [2.05, 4.69) is 57.9 Å². The molecule has 0 aliphatic carbocycles. The lowest BCUT2D eigenvalue weighted by molar-refractivity contribution is -0.00434.